The van der Waals surface area contributed by atoms with Gasteiger partial charge in [-0.25, -0.2) is 0 Å². The van der Waals surface area contributed by atoms with Crippen molar-refractivity contribution in [3.8, 4) is 0 Å². The molecule has 1 aromatic carbocycles. The predicted molar refractivity (Wildman–Crippen MR) is 59.5 cm³/mol. The molecule has 1 rings (SSSR count). The van der Waals surface area contributed by atoms with Crippen molar-refractivity contribution in [2.75, 3.05) is 0 Å². The van der Waals surface area contributed by atoms with Gasteiger partial charge in [0.05, 0.1) is 5.71 Å². The fourth-order valence-electron chi connectivity index (χ4n) is 0.937. The van der Waals surface area contributed by atoms with Gasteiger partial charge in [0, 0.05) is 0 Å². The second kappa shape index (κ2) is 4.27. The number of benzene rings is 1. The van der Waals surface area contributed by atoms with Crippen molar-refractivity contribution >= 4 is 5.71 Å². The van der Waals surface area contributed by atoms with Gasteiger partial charge in [0.25, 0.3) is 0 Å². The molecule has 0 aliphatic carbocycles. The molecule has 0 heterocycles. The lowest BCUT2D eigenvalue weighted by Crippen LogP contribution is -2.16. The molecule has 2 nitrogen and oxygen atoms in total. The molecule has 0 aliphatic rings. The average Bonchev–Trinajstić information content (AvgIpc) is 2.14. The zero-order chi connectivity index (χ0) is 10.6. The highest BCUT2D eigenvalue weighted by Gasteiger charge is 2.10. The van der Waals surface area contributed by atoms with Crippen LogP contribution in [0.3, 0.4) is 0 Å². The van der Waals surface area contributed by atoms with E-state index in [1.54, 1.807) is 0 Å². The number of hydrogen-bond acceptors (Lipinski definition) is 2. The molecule has 0 atom stereocenters. The highest BCUT2D eigenvalue weighted by atomic mass is 16.6. The summed E-state index contributed by atoms with van der Waals surface area (Å²) in [4.78, 5) is 5.33. The first-order valence-electron chi connectivity index (χ1n) is 4.77. The van der Waals surface area contributed by atoms with Crippen LogP contribution < -0.4 is 0 Å². The third-order valence-corrected chi connectivity index (χ3v) is 1.65. The largest absolute Gasteiger partial charge is 0.390 e. The third-order valence-electron chi connectivity index (χ3n) is 1.65. The van der Waals surface area contributed by atoms with Gasteiger partial charge in [0.2, 0.25) is 0 Å². The highest BCUT2D eigenvalue weighted by Crippen LogP contribution is 2.09. The molecule has 2 heteroatoms. The average molecular weight is 191 g/mol. The van der Waals surface area contributed by atoms with Crippen LogP contribution in [0.15, 0.2) is 35.5 Å². The van der Waals surface area contributed by atoms with Crippen molar-refractivity contribution in [1.29, 1.82) is 0 Å². The van der Waals surface area contributed by atoms with Crippen molar-refractivity contribution in [3.05, 3.63) is 35.9 Å². The van der Waals surface area contributed by atoms with E-state index in [0.717, 1.165) is 11.3 Å². The van der Waals surface area contributed by atoms with E-state index in [2.05, 4.69) is 5.16 Å². The Hall–Kier alpha value is -1.31. The van der Waals surface area contributed by atoms with Gasteiger partial charge in [0.15, 0.2) is 0 Å². The maximum Gasteiger partial charge on any atom is 0.129 e. The van der Waals surface area contributed by atoms with Gasteiger partial charge < -0.3 is 4.84 Å². The zero-order valence-electron chi connectivity index (χ0n) is 9.24. The summed E-state index contributed by atoms with van der Waals surface area (Å²) in [5.41, 5.74) is 1.77. The molecule has 0 saturated carbocycles. The summed E-state index contributed by atoms with van der Waals surface area (Å²) in [6, 6.07) is 10.0. The summed E-state index contributed by atoms with van der Waals surface area (Å²) >= 11 is 0. The Morgan fingerprint density at radius 3 is 2.21 bits per heavy atom. The zero-order valence-corrected chi connectivity index (χ0v) is 9.24. The Labute approximate surface area is 85.6 Å². The molecule has 76 valence electrons. The van der Waals surface area contributed by atoms with Crippen molar-refractivity contribution in [3.63, 3.8) is 0 Å². The van der Waals surface area contributed by atoms with E-state index in [9.17, 15) is 0 Å². The first-order chi connectivity index (χ1) is 6.49. The summed E-state index contributed by atoms with van der Waals surface area (Å²) in [6.45, 7) is 7.89. The van der Waals surface area contributed by atoms with E-state index in [1.165, 1.54) is 0 Å². The molecular formula is C12H17NO. The monoisotopic (exact) mass is 191 g/mol. The van der Waals surface area contributed by atoms with Gasteiger partial charge >= 0.3 is 0 Å². The second-order valence-electron chi connectivity index (χ2n) is 4.25. The Balaban J connectivity index is 2.71. The lowest BCUT2D eigenvalue weighted by atomic mass is 10.1. The molecule has 0 spiro atoms. The van der Waals surface area contributed by atoms with Crippen LogP contribution in [0.4, 0.5) is 0 Å². The number of oxime groups is 1. The lowest BCUT2D eigenvalue weighted by molar-refractivity contribution is 0.000956. The SMILES string of the molecule is C/C(=N\OC(C)(C)C)c1ccccc1. The van der Waals surface area contributed by atoms with E-state index in [-0.39, 0.29) is 5.60 Å². The van der Waals surface area contributed by atoms with Crippen LogP contribution in [0.1, 0.15) is 33.3 Å². The lowest BCUT2D eigenvalue weighted by Gasteiger charge is -2.16. The van der Waals surface area contributed by atoms with E-state index < -0.39 is 0 Å². The summed E-state index contributed by atoms with van der Waals surface area (Å²) in [5.74, 6) is 0. The molecule has 0 saturated heterocycles. The van der Waals surface area contributed by atoms with E-state index >= 15 is 0 Å². The fraction of sp³-hybridized carbons (Fsp3) is 0.417. The van der Waals surface area contributed by atoms with Gasteiger partial charge in [-0.3, -0.25) is 0 Å². The van der Waals surface area contributed by atoms with E-state index in [4.69, 9.17) is 4.84 Å². The van der Waals surface area contributed by atoms with Crippen LogP contribution in [-0.2, 0) is 4.84 Å². The Morgan fingerprint density at radius 2 is 1.71 bits per heavy atom. The minimum absolute atomic E-state index is 0.226. The van der Waals surface area contributed by atoms with Crippen LogP contribution >= 0.6 is 0 Å². The highest BCUT2D eigenvalue weighted by molar-refractivity contribution is 5.98. The Morgan fingerprint density at radius 1 is 1.14 bits per heavy atom. The van der Waals surface area contributed by atoms with Crippen LogP contribution in [-0.4, -0.2) is 11.3 Å². The summed E-state index contributed by atoms with van der Waals surface area (Å²) in [7, 11) is 0. The fourth-order valence-corrected chi connectivity index (χ4v) is 0.937. The standard InChI is InChI=1S/C12H17NO/c1-10(13-14-12(2,3)4)11-8-6-5-7-9-11/h5-9H,1-4H3/b13-10+. The number of nitrogens with zero attached hydrogens (tertiary/aromatic N) is 1. The van der Waals surface area contributed by atoms with Gasteiger partial charge in [0.1, 0.15) is 5.60 Å². The molecular weight excluding hydrogens is 174 g/mol. The quantitative estimate of drug-likeness (QED) is 0.519. The topological polar surface area (TPSA) is 21.6 Å². The smallest absolute Gasteiger partial charge is 0.129 e. The van der Waals surface area contributed by atoms with Crippen LogP contribution in [0.25, 0.3) is 0 Å². The minimum atomic E-state index is -0.226. The van der Waals surface area contributed by atoms with Crippen LogP contribution in [0.2, 0.25) is 0 Å². The van der Waals surface area contributed by atoms with Crippen molar-refractivity contribution in [1.82, 2.24) is 0 Å². The molecule has 0 N–H and O–H groups in total. The Bertz CT molecular complexity index is 309. The third kappa shape index (κ3) is 3.60. The first-order valence-corrected chi connectivity index (χ1v) is 4.77. The first kappa shape index (κ1) is 10.8. The Kier molecular flexibility index (Phi) is 3.28. The molecule has 0 radical (unpaired) electrons. The second-order valence-corrected chi connectivity index (χ2v) is 4.25. The summed E-state index contributed by atoms with van der Waals surface area (Å²) in [6.07, 6.45) is 0. The molecule has 0 aliphatic heterocycles. The van der Waals surface area contributed by atoms with Gasteiger partial charge in [-0.15, -0.1) is 0 Å². The molecule has 0 aromatic heterocycles. The maximum absolute atomic E-state index is 5.33. The van der Waals surface area contributed by atoms with Crippen molar-refractivity contribution < 1.29 is 4.84 Å². The van der Waals surface area contributed by atoms with Crippen molar-refractivity contribution in [2.45, 2.75) is 33.3 Å². The van der Waals surface area contributed by atoms with Crippen molar-refractivity contribution in [2.24, 2.45) is 5.16 Å². The molecule has 0 bridgehead atoms. The number of rotatable bonds is 2. The van der Waals surface area contributed by atoms with E-state index in [1.807, 2.05) is 58.0 Å². The molecule has 0 fully saturated rings. The van der Waals surface area contributed by atoms with Crippen LogP contribution in [0.5, 0.6) is 0 Å². The van der Waals surface area contributed by atoms with Gasteiger partial charge in [-0.1, -0.05) is 35.5 Å². The summed E-state index contributed by atoms with van der Waals surface area (Å²) < 4.78 is 0. The number of hydrogen-bond donors (Lipinski definition) is 0. The van der Waals surface area contributed by atoms with Crippen LogP contribution in [0, 0.1) is 0 Å². The summed E-state index contributed by atoms with van der Waals surface area (Å²) in [5, 5.41) is 4.08. The predicted octanol–water partition coefficient (Wildman–Crippen LogP) is 3.23. The minimum Gasteiger partial charge on any atom is -0.390 e. The maximum atomic E-state index is 5.33. The molecule has 1 aromatic rings. The van der Waals surface area contributed by atoms with Gasteiger partial charge in [-0.2, -0.15) is 0 Å². The van der Waals surface area contributed by atoms with E-state index in [0.29, 0.717) is 0 Å². The normalized spacial score (nSPS) is 12.7. The van der Waals surface area contributed by atoms with Gasteiger partial charge in [-0.05, 0) is 33.3 Å². The molecule has 0 unspecified atom stereocenters. The molecule has 0 amide bonds. The molecule has 14 heavy (non-hydrogen) atoms.